The number of hydrogen-bond donors (Lipinski definition) is 1. The van der Waals surface area contributed by atoms with Gasteiger partial charge in [0, 0.05) is 6.54 Å². The number of nitrogens with zero attached hydrogens (tertiary/aromatic N) is 2. The maximum Gasteiger partial charge on any atom is 0.235 e. The summed E-state index contributed by atoms with van der Waals surface area (Å²) < 4.78 is 10.7. The summed E-state index contributed by atoms with van der Waals surface area (Å²) in [6.07, 6.45) is 0. The van der Waals surface area contributed by atoms with Crippen molar-refractivity contribution >= 4 is 5.91 Å². The number of hydrogen-bond acceptors (Lipinski definition) is 5. The van der Waals surface area contributed by atoms with Crippen LogP contribution >= 0.6 is 0 Å². The number of nitriles is 1. The largest absolute Gasteiger partial charge is 0.454 e. The molecule has 6 heteroatoms. The van der Waals surface area contributed by atoms with Crippen molar-refractivity contribution in [3.63, 3.8) is 0 Å². The van der Waals surface area contributed by atoms with Crippen LogP contribution in [0.25, 0.3) is 0 Å². The number of carbonyl (C=O) groups excluding carboxylic acids is 1. The SMILES string of the molecule is CCN(CC(=O)NC(C)(C#N)C(C)C)Cc1ccc2c(c1)OCO2. The second-order valence-corrected chi connectivity index (χ2v) is 6.51. The van der Waals surface area contributed by atoms with E-state index >= 15 is 0 Å². The lowest BCUT2D eigenvalue weighted by molar-refractivity contribution is -0.124. The predicted molar refractivity (Wildman–Crippen MR) is 90.5 cm³/mol. The normalized spacial score (nSPS) is 15.2. The molecule has 1 aromatic carbocycles. The van der Waals surface area contributed by atoms with E-state index in [9.17, 15) is 10.1 Å². The zero-order chi connectivity index (χ0) is 17.7. The van der Waals surface area contributed by atoms with Gasteiger partial charge in [-0.1, -0.05) is 26.8 Å². The highest BCUT2D eigenvalue weighted by atomic mass is 16.7. The smallest absolute Gasteiger partial charge is 0.235 e. The summed E-state index contributed by atoms with van der Waals surface area (Å²) >= 11 is 0. The van der Waals surface area contributed by atoms with Crippen molar-refractivity contribution in [3.05, 3.63) is 23.8 Å². The van der Waals surface area contributed by atoms with Crippen molar-refractivity contribution < 1.29 is 14.3 Å². The number of likely N-dealkylation sites (N-methyl/N-ethyl adjacent to an activating group) is 1. The third-order valence-corrected chi connectivity index (χ3v) is 4.44. The maximum absolute atomic E-state index is 12.3. The monoisotopic (exact) mass is 331 g/mol. The molecular weight excluding hydrogens is 306 g/mol. The van der Waals surface area contributed by atoms with Gasteiger partial charge in [0.15, 0.2) is 11.5 Å². The van der Waals surface area contributed by atoms with Gasteiger partial charge < -0.3 is 14.8 Å². The molecule has 1 unspecified atom stereocenters. The highest BCUT2D eigenvalue weighted by molar-refractivity contribution is 5.79. The zero-order valence-electron chi connectivity index (χ0n) is 14.8. The quantitative estimate of drug-likeness (QED) is 0.830. The second-order valence-electron chi connectivity index (χ2n) is 6.51. The van der Waals surface area contributed by atoms with E-state index in [-0.39, 0.29) is 25.2 Å². The third-order valence-electron chi connectivity index (χ3n) is 4.44. The van der Waals surface area contributed by atoms with Crippen LogP contribution in [0.15, 0.2) is 18.2 Å². The van der Waals surface area contributed by atoms with Gasteiger partial charge in [-0.3, -0.25) is 9.69 Å². The predicted octanol–water partition coefficient (Wildman–Crippen LogP) is 2.29. The van der Waals surface area contributed by atoms with Gasteiger partial charge in [-0.05, 0) is 37.1 Å². The highest BCUT2D eigenvalue weighted by Gasteiger charge is 2.30. The second kappa shape index (κ2) is 7.54. The number of fused-ring (bicyclic) bond motifs is 1. The molecule has 0 radical (unpaired) electrons. The summed E-state index contributed by atoms with van der Waals surface area (Å²) in [7, 11) is 0. The third kappa shape index (κ3) is 4.18. The summed E-state index contributed by atoms with van der Waals surface area (Å²) in [5.74, 6) is 1.39. The topological polar surface area (TPSA) is 74.6 Å². The summed E-state index contributed by atoms with van der Waals surface area (Å²) in [6.45, 7) is 9.46. The minimum Gasteiger partial charge on any atom is -0.454 e. The Bertz CT molecular complexity index is 639. The Morgan fingerprint density at radius 3 is 2.75 bits per heavy atom. The fourth-order valence-corrected chi connectivity index (χ4v) is 2.41. The van der Waals surface area contributed by atoms with Crippen molar-refractivity contribution in [1.82, 2.24) is 10.2 Å². The molecule has 1 heterocycles. The van der Waals surface area contributed by atoms with Gasteiger partial charge in [-0.2, -0.15) is 5.26 Å². The number of ether oxygens (including phenoxy) is 2. The molecule has 6 nitrogen and oxygen atoms in total. The molecule has 1 aromatic rings. The first kappa shape index (κ1) is 18.1. The van der Waals surface area contributed by atoms with Gasteiger partial charge in [0.25, 0.3) is 0 Å². The summed E-state index contributed by atoms with van der Waals surface area (Å²) in [4.78, 5) is 14.3. The lowest BCUT2D eigenvalue weighted by Crippen LogP contribution is -2.51. The number of carbonyl (C=O) groups is 1. The Labute approximate surface area is 143 Å². The first-order valence-electron chi connectivity index (χ1n) is 8.21. The van der Waals surface area contributed by atoms with E-state index in [1.807, 2.05) is 43.9 Å². The van der Waals surface area contributed by atoms with E-state index in [0.29, 0.717) is 6.54 Å². The number of nitrogens with one attached hydrogen (secondary N) is 1. The van der Waals surface area contributed by atoms with E-state index in [4.69, 9.17) is 9.47 Å². The van der Waals surface area contributed by atoms with E-state index in [1.165, 1.54) is 0 Å². The molecule has 1 aliphatic heterocycles. The van der Waals surface area contributed by atoms with Crippen LogP contribution < -0.4 is 14.8 Å². The van der Waals surface area contributed by atoms with Gasteiger partial charge >= 0.3 is 0 Å². The van der Waals surface area contributed by atoms with Crippen LogP contribution in [0, 0.1) is 17.2 Å². The van der Waals surface area contributed by atoms with E-state index in [0.717, 1.165) is 23.6 Å². The molecule has 1 atom stereocenters. The molecule has 0 saturated carbocycles. The molecule has 1 amide bonds. The van der Waals surface area contributed by atoms with Gasteiger partial charge in [0.05, 0.1) is 12.6 Å². The maximum atomic E-state index is 12.3. The molecule has 24 heavy (non-hydrogen) atoms. The highest BCUT2D eigenvalue weighted by Crippen LogP contribution is 2.32. The number of benzene rings is 1. The molecule has 1 N–H and O–H groups in total. The van der Waals surface area contributed by atoms with Crippen molar-refractivity contribution in [1.29, 1.82) is 5.26 Å². The molecule has 0 spiro atoms. The van der Waals surface area contributed by atoms with E-state index in [1.54, 1.807) is 6.92 Å². The lowest BCUT2D eigenvalue weighted by Gasteiger charge is -2.29. The van der Waals surface area contributed by atoms with Gasteiger partial charge in [0.1, 0.15) is 5.54 Å². The van der Waals surface area contributed by atoms with Crippen LogP contribution in [0.4, 0.5) is 0 Å². The van der Waals surface area contributed by atoms with Crippen LogP contribution in [-0.4, -0.2) is 36.2 Å². The molecule has 1 aliphatic rings. The zero-order valence-corrected chi connectivity index (χ0v) is 14.8. The van der Waals surface area contributed by atoms with Crippen LogP contribution in [-0.2, 0) is 11.3 Å². The van der Waals surface area contributed by atoms with E-state index < -0.39 is 5.54 Å². The van der Waals surface area contributed by atoms with Crippen molar-refractivity contribution in [3.8, 4) is 17.6 Å². The minimum atomic E-state index is -0.852. The van der Waals surface area contributed by atoms with Crippen LogP contribution in [0.1, 0.15) is 33.3 Å². The molecule has 0 aliphatic carbocycles. The van der Waals surface area contributed by atoms with Gasteiger partial charge in [0.2, 0.25) is 12.7 Å². The van der Waals surface area contributed by atoms with E-state index in [2.05, 4.69) is 11.4 Å². The lowest BCUT2D eigenvalue weighted by atomic mass is 9.90. The van der Waals surface area contributed by atoms with Crippen molar-refractivity contribution in [2.24, 2.45) is 5.92 Å². The molecule has 0 fully saturated rings. The Morgan fingerprint density at radius 1 is 1.42 bits per heavy atom. The van der Waals surface area contributed by atoms with Crippen molar-refractivity contribution in [2.75, 3.05) is 19.9 Å². The van der Waals surface area contributed by atoms with Crippen LogP contribution in [0.2, 0.25) is 0 Å². The molecule has 2 rings (SSSR count). The molecule has 0 aromatic heterocycles. The van der Waals surface area contributed by atoms with Gasteiger partial charge in [-0.15, -0.1) is 0 Å². The van der Waals surface area contributed by atoms with Crippen LogP contribution in [0.3, 0.4) is 0 Å². The van der Waals surface area contributed by atoms with Crippen LogP contribution in [0.5, 0.6) is 11.5 Å². The summed E-state index contributed by atoms with van der Waals surface area (Å²) in [6, 6.07) is 8.00. The fourth-order valence-electron chi connectivity index (χ4n) is 2.41. The number of rotatable bonds is 7. The molecule has 130 valence electrons. The standard InChI is InChI=1S/C18H25N3O3/c1-5-21(10-17(22)20-18(4,11-19)13(2)3)9-14-6-7-15-16(8-14)24-12-23-15/h6-8,13H,5,9-10,12H2,1-4H3,(H,20,22). The first-order chi connectivity index (χ1) is 11.4. The first-order valence-corrected chi connectivity index (χ1v) is 8.21. The average molecular weight is 331 g/mol. The number of amides is 1. The molecular formula is C18H25N3O3. The average Bonchev–Trinajstić information content (AvgIpc) is 3.01. The Kier molecular flexibility index (Phi) is 5.68. The fraction of sp³-hybridized carbons (Fsp3) is 0.556. The molecule has 0 bridgehead atoms. The Balaban J connectivity index is 1.97. The molecule has 0 saturated heterocycles. The van der Waals surface area contributed by atoms with Gasteiger partial charge in [-0.25, -0.2) is 0 Å². The Hall–Kier alpha value is -2.26. The minimum absolute atomic E-state index is 0.0374. The van der Waals surface area contributed by atoms with Crippen molar-refractivity contribution in [2.45, 2.75) is 39.8 Å². The summed E-state index contributed by atoms with van der Waals surface area (Å²) in [5.41, 5.74) is 0.204. The summed E-state index contributed by atoms with van der Waals surface area (Å²) in [5, 5.41) is 12.2. The Morgan fingerprint density at radius 2 is 2.12 bits per heavy atom.